The van der Waals surface area contributed by atoms with Gasteiger partial charge in [-0.2, -0.15) is 5.26 Å². The molecule has 1 aliphatic rings. The fraction of sp³-hybridized carbons (Fsp3) is 0.115. The third-order valence-electron chi connectivity index (χ3n) is 6.05. The number of carbonyl (C=O) groups excluding carboxylic acids is 1. The number of fused-ring (bicyclic) bond motifs is 2. The van der Waals surface area contributed by atoms with Crippen molar-refractivity contribution in [1.29, 1.82) is 10.7 Å². The summed E-state index contributed by atoms with van der Waals surface area (Å²) in [5.74, 6) is -0.286. The molecule has 1 aliphatic heterocycles. The number of amidine groups is 1. The lowest BCUT2D eigenvalue weighted by Crippen LogP contribution is -2.41. The van der Waals surface area contributed by atoms with E-state index in [-0.39, 0.29) is 18.2 Å². The Hall–Kier alpha value is -4.55. The molecule has 5 aromatic rings. The maximum atomic E-state index is 12.2. The van der Waals surface area contributed by atoms with Gasteiger partial charge in [-0.3, -0.25) is 20.6 Å². The van der Waals surface area contributed by atoms with E-state index >= 15 is 0 Å². The van der Waals surface area contributed by atoms with Gasteiger partial charge >= 0.3 is 0 Å². The Balaban J connectivity index is 1.52. The minimum Gasteiger partial charge on any atom is -0.355 e. The zero-order valence-corrected chi connectivity index (χ0v) is 19.1. The van der Waals surface area contributed by atoms with E-state index < -0.39 is 12.0 Å². The Morgan fingerprint density at radius 3 is 2.63 bits per heavy atom. The highest BCUT2D eigenvalue weighted by atomic mass is 32.1. The molecule has 2 atom stereocenters. The first-order valence-corrected chi connectivity index (χ1v) is 11.8. The lowest BCUT2D eigenvalue weighted by molar-refractivity contribution is -0.121. The van der Waals surface area contributed by atoms with Crippen LogP contribution in [0, 0.1) is 16.7 Å². The first-order valence-electron chi connectivity index (χ1n) is 11.0. The maximum Gasteiger partial charge on any atom is 0.246 e. The smallest absolute Gasteiger partial charge is 0.246 e. The van der Waals surface area contributed by atoms with Gasteiger partial charge in [-0.25, -0.2) is 4.98 Å². The van der Waals surface area contributed by atoms with Crippen molar-refractivity contribution in [2.45, 2.75) is 18.4 Å². The molecule has 0 radical (unpaired) electrons. The monoisotopic (exact) mass is 478 g/mol. The first kappa shape index (κ1) is 21.0. The molecule has 9 heteroatoms. The van der Waals surface area contributed by atoms with E-state index in [1.165, 1.54) is 16.3 Å². The molecule has 2 unspecified atom stereocenters. The number of thiazole rings is 1. The van der Waals surface area contributed by atoms with Crippen LogP contribution in [0.1, 0.15) is 29.0 Å². The highest BCUT2D eigenvalue weighted by Gasteiger charge is 2.39. The van der Waals surface area contributed by atoms with Crippen molar-refractivity contribution in [3.63, 3.8) is 0 Å². The van der Waals surface area contributed by atoms with Crippen molar-refractivity contribution in [3.8, 4) is 17.4 Å². The van der Waals surface area contributed by atoms with Gasteiger partial charge in [0.05, 0.1) is 34.1 Å². The zero-order chi connectivity index (χ0) is 23.9. The molecule has 170 valence electrons. The number of carbonyl (C=O) groups is 1. The van der Waals surface area contributed by atoms with Crippen LogP contribution in [0.4, 0.5) is 0 Å². The summed E-state index contributed by atoms with van der Waals surface area (Å²) in [6.45, 7) is 0. The quantitative estimate of drug-likeness (QED) is 0.360. The molecule has 6 rings (SSSR count). The van der Waals surface area contributed by atoms with Gasteiger partial charge in [0.25, 0.3) is 0 Å². The van der Waals surface area contributed by atoms with Gasteiger partial charge in [-0.15, -0.1) is 11.3 Å². The van der Waals surface area contributed by atoms with Crippen molar-refractivity contribution < 1.29 is 9.32 Å². The second-order valence-corrected chi connectivity index (χ2v) is 9.32. The van der Waals surface area contributed by atoms with Crippen molar-refractivity contribution >= 4 is 44.2 Å². The second kappa shape index (κ2) is 8.34. The van der Waals surface area contributed by atoms with E-state index in [2.05, 4.69) is 16.7 Å². The molecular formula is C26H18N6O2S. The number of hydrogen-bond donors (Lipinski definition) is 2. The Bertz CT molecular complexity index is 1600. The molecular weight excluding hydrogens is 460 g/mol. The summed E-state index contributed by atoms with van der Waals surface area (Å²) in [7, 11) is 0. The average molecular weight is 479 g/mol. The molecule has 3 heterocycles. The number of hydrazine groups is 1. The molecule has 3 aromatic carbocycles. The zero-order valence-electron chi connectivity index (χ0n) is 18.3. The Morgan fingerprint density at radius 2 is 1.89 bits per heavy atom. The normalized spacial score (nSPS) is 15.3. The van der Waals surface area contributed by atoms with Crippen LogP contribution in [0.2, 0.25) is 0 Å². The van der Waals surface area contributed by atoms with Crippen LogP contribution in [-0.2, 0) is 4.79 Å². The van der Waals surface area contributed by atoms with E-state index in [9.17, 15) is 10.1 Å². The molecule has 35 heavy (non-hydrogen) atoms. The molecule has 8 nitrogen and oxygen atoms in total. The number of nitrogens with zero attached hydrogens (tertiary/aromatic N) is 4. The second-order valence-electron chi connectivity index (χ2n) is 8.25. The van der Waals surface area contributed by atoms with Gasteiger partial charge < -0.3 is 4.52 Å². The summed E-state index contributed by atoms with van der Waals surface area (Å²) in [6.07, 6.45) is -0.0424. The summed E-state index contributed by atoms with van der Waals surface area (Å²) in [5, 5.41) is 25.9. The van der Waals surface area contributed by atoms with E-state index in [1.807, 2.05) is 72.8 Å². The average Bonchev–Trinajstić information content (AvgIpc) is 3.58. The first-order chi connectivity index (χ1) is 17.1. The Kier molecular flexibility index (Phi) is 5.01. The molecule has 1 amide bonds. The molecule has 0 spiro atoms. The van der Waals surface area contributed by atoms with Gasteiger partial charge in [-0.1, -0.05) is 53.7 Å². The van der Waals surface area contributed by atoms with Crippen molar-refractivity contribution in [3.05, 3.63) is 83.4 Å². The molecule has 1 saturated heterocycles. The van der Waals surface area contributed by atoms with E-state index in [4.69, 9.17) is 14.9 Å². The third kappa shape index (κ3) is 3.61. The molecule has 1 fully saturated rings. The predicted octanol–water partition coefficient (Wildman–Crippen LogP) is 5.17. The molecule has 2 aromatic heterocycles. The van der Waals surface area contributed by atoms with E-state index in [0.29, 0.717) is 16.3 Å². The summed E-state index contributed by atoms with van der Waals surface area (Å²) in [4.78, 5) is 16.9. The van der Waals surface area contributed by atoms with Crippen LogP contribution in [0.5, 0.6) is 0 Å². The lowest BCUT2D eigenvalue weighted by atomic mass is 9.92. The van der Waals surface area contributed by atoms with Gasteiger partial charge in [-0.05, 0) is 29.8 Å². The SMILES string of the molecule is N#CC(c1nc2ccccc2s1)C(c1ccc2noc(-c3ccccc3)c2c1)N1NC(=O)CC1=N. The predicted molar refractivity (Wildman–Crippen MR) is 132 cm³/mol. The standard InChI is InChI=1S/C26H18N6O2S/c27-14-18(26-29-20-8-4-5-9-21(20)35-26)24(32-22(28)13-23(33)30-32)16-10-11-19-17(12-16)25(34-31-19)15-6-2-1-3-7-15/h1-12,18,24,28H,13H2,(H,30,33). The Morgan fingerprint density at radius 1 is 1.09 bits per heavy atom. The van der Waals surface area contributed by atoms with Crippen molar-refractivity contribution in [2.24, 2.45) is 0 Å². The lowest BCUT2D eigenvalue weighted by Gasteiger charge is -2.31. The molecule has 0 saturated carbocycles. The number of hydrogen-bond acceptors (Lipinski definition) is 7. The van der Waals surface area contributed by atoms with Gasteiger partial charge in [0.1, 0.15) is 22.3 Å². The number of amides is 1. The van der Waals surface area contributed by atoms with Crippen LogP contribution >= 0.6 is 11.3 Å². The maximum absolute atomic E-state index is 12.2. The number of nitrogens with one attached hydrogen (secondary N) is 2. The molecule has 2 N–H and O–H groups in total. The van der Waals surface area contributed by atoms with Crippen LogP contribution < -0.4 is 5.43 Å². The summed E-state index contributed by atoms with van der Waals surface area (Å²) < 4.78 is 6.63. The molecule has 0 aliphatic carbocycles. The fourth-order valence-electron chi connectivity index (χ4n) is 4.43. The van der Waals surface area contributed by atoms with Gasteiger partial charge in [0.15, 0.2) is 5.76 Å². The number of aromatic nitrogens is 2. The highest BCUT2D eigenvalue weighted by Crippen LogP contribution is 2.41. The number of para-hydroxylation sites is 1. The fourth-order valence-corrected chi connectivity index (χ4v) is 5.47. The van der Waals surface area contributed by atoms with Crippen molar-refractivity contribution in [1.82, 2.24) is 20.6 Å². The minimum atomic E-state index is -0.733. The van der Waals surface area contributed by atoms with Gasteiger partial charge in [0, 0.05) is 5.56 Å². The van der Waals surface area contributed by atoms with Gasteiger partial charge in [0.2, 0.25) is 5.91 Å². The van der Waals surface area contributed by atoms with Crippen LogP contribution in [0.15, 0.2) is 77.3 Å². The number of benzene rings is 3. The largest absolute Gasteiger partial charge is 0.355 e. The van der Waals surface area contributed by atoms with Crippen LogP contribution in [0.3, 0.4) is 0 Å². The minimum absolute atomic E-state index is 0.0424. The highest BCUT2D eigenvalue weighted by molar-refractivity contribution is 7.18. The number of nitriles is 1. The number of rotatable bonds is 5. The molecule has 0 bridgehead atoms. The van der Waals surface area contributed by atoms with Crippen molar-refractivity contribution in [2.75, 3.05) is 0 Å². The topological polar surface area (TPSA) is 119 Å². The van der Waals surface area contributed by atoms with E-state index in [0.717, 1.165) is 26.7 Å². The summed E-state index contributed by atoms with van der Waals surface area (Å²) >= 11 is 1.44. The summed E-state index contributed by atoms with van der Waals surface area (Å²) in [5.41, 5.74) is 5.89. The van der Waals surface area contributed by atoms with Crippen LogP contribution in [0.25, 0.3) is 32.4 Å². The summed E-state index contributed by atoms with van der Waals surface area (Å²) in [6, 6.07) is 24.7. The Labute approximate surface area is 203 Å². The van der Waals surface area contributed by atoms with Crippen LogP contribution in [-0.4, -0.2) is 26.9 Å². The third-order valence-corrected chi connectivity index (χ3v) is 7.17. The van der Waals surface area contributed by atoms with E-state index in [1.54, 1.807) is 0 Å².